The molecule has 136 valence electrons. The van der Waals surface area contributed by atoms with Crippen LogP contribution in [0.3, 0.4) is 0 Å². The third kappa shape index (κ3) is 2.72. The molecule has 26 heavy (non-hydrogen) atoms. The highest BCUT2D eigenvalue weighted by Crippen LogP contribution is 2.47. The lowest BCUT2D eigenvalue weighted by Gasteiger charge is -2.46. The summed E-state index contributed by atoms with van der Waals surface area (Å²) in [6.45, 7) is 0.598. The maximum atomic E-state index is 12.7. The minimum atomic E-state index is -0.153. The summed E-state index contributed by atoms with van der Waals surface area (Å²) in [7, 11) is 0. The molecular weight excluding hydrogens is 348 g/mol. The van der Waals surface area contributed by atoms with Crippen molar-refractivity contribution in [3.63, 3.8) is 0 Å². The monoisotopic (exact) mass is 370 g/mol. The number of halogens is 1. The average molecular weight is 371 g/mol. The molecule has 0 radical (unpaired) electrons. The first-order valence-corrected chi connectivity index (χ1v) is 9.63. The fraction of sp³-hybridized carbons (Fsp3) is 0.429. The number of carbonyl (C=O) groups excluding carboxylic acids is 2. The Bertz CT molecular complexity index is 771. The van der Waals surface area contributed by atoms with Gasteiger partial charge in [0.2, 0.25) is 0 Å². The SMILES string of the molecule is NCC1(C2C=CC=C(Cl)C2)CCC(N2C(=O)c3ccccc3C2=O)CC1. The fourth-order valence-corrected chi connectivity index (χ4v) is 5.00. The summed E-state index contributed by atoms with van der Waals surface area (Å²) < 4.78 is 0. The van der Waals surface area contributed by atoms with Crippen molar-refractivity contribution < 1.29 is 9.59 Å². The number of allylic oxidation sites excluding steroid dienone is 4. The summed E-state index contributed by atoms with van der Waals surface area (Å²) in [4.78, 5) is 26.9. The summed E-state index contributed by atoms with van der Waals surface area (Å²) in [5.41, 5.74) is 7.25. The lowest BCUT2D eigenvalue weighted by molar-refractivity contribution is 0.0418. The van der Waals surface area contributed by atoms with Crippen molar-refractivity contribution in [3.05, 3.63) is 58.7 Å². The van der Waals surface area contributed by atoms with Crippen LogP contribution in [0.5, 0.6) is 0 Å². The van der Waals surface area contributed by atoms with Crippen molar-refractivity contribution in [2.45, 2.75) is 38.1 Å². The highest BCUT2D eigenvalue weighted by Gasteiger charge is 2.46. The molecule has 1 atom stereocenters. The zero-order valence-electron chi connectivity index (χ0n) is 14.7. The van der Waals surface area contributed by atoms with Gasteiger partial charge in [0.25, 0.3) is 11.8 Å². The van der Waals surface area contributed by atoms with Gasteiger partial charge in [-0.3, -0.25) is 14.5 Å². The maximum Gasteiger partial charge on any atom is 0.261 e. The van der Waals surface area contributed by atoms with Gasteiger partial charge in [-0.05, 0) is 68.2 Å². The van der Waals surface area contributed by atoms with E-state index in [0.717, 1.165) is 37.1 Å². The standard InChI is InChI=1S/C21H23ClN2O2/c22-15-5-3-4-14(12-15)21(13-23)10-8-16(9-11-21)24-19(25)17-6-1-2-7-18(17)20(24)26/h1-7,14,16H,8-13,23H2. The normalized spacial score (nSPS) is 31.2. The second kappa shape index (κ2) is 6.67. The van der Waals surface area contributed by atoms with Crippen molar-refractivity contribution in [1.82, 2.24) is 4.90 Å². The van der Waals surface area contributed by atoms with Crippen LogP contribution in [-0.2, 0) is 0 Å². The molecule has 0 aromatic heterocycles. The van der Waals surface area contributed by atoms with E-state index in [0.29, 0.717) is 23.6 Å². The molecule has 1 fully saturated rings. The van der Waals surface area contributed by atoms with Crippen LogP contribution in [0.15, 0.2) is 47.5 Å². The molecule has 1 unspecified atom stereocenters. The van der Waals surface area contributed by atoms with Crippen molar-refractivity contribution in [3.8, 4) is 0 Å². The molecular formula is C21H23ClN2O2. The zero-order chi connectivity index (χ0) is 18.3. The molecule has 1 heterocycles. The van der Waals surface area contributed by atoms with Crippen molar-refractivity contribution >= 4 is 23.4 Å². The Kier molecular flexibility index (Phi) is 4.49. The van der Waals surface area contributed by atoms with Gasteiger partial charge in [0.15, 0.2) is 0 Å². The van der Waals surface area contributed by atoms with Gasteiger partial charge in [0, 0.05) is 11.1 Å². The molecule has 4 nitrogen and oxygen atoms in total. The largest absolute Gasteiger partial charge is 0.330 e. The fourth-order valence-electron chi connectivity index (χ4n) is 4.76. The predicted molar refractivity (Wildman–Crippen MR) is 102 cm³/mol. The molecule has 0 saturated heterocycles. The summed E-state index contributed by atoms with van der Waals surface area (Å²) in [6.07, 6.45) is 10.4. The Morgan fingerprint density at radius 3 is 2.27 bits per heavy atom. The van der Waals surface area contributed by atoms with Gasteiger partial charge < -0.3 is 5.73 Å². The molecule has 4 rings (SSSR count). The molecule has 2 amide bonds. The van der Waals surface area contributed by atoms with E-state index >= 15 is 0 Å². The van der Waals surface area contributed by atoms with Crippen LogP contribution in [0.4, 0.5) is 0 Å². The van der Waals surface area contributed by atoms with Crippen LogP contribution < -0.4 is 5.73 Å². The third-order valence-electron chi connectivity index (χ3n) is 6.37. The number of hydrogen-bond donors (Lipinski definition) is 1. The van der Waals surface area contributed by atoms with Crippen molar-refractivity contribution in [2.75, 3.05) is 6.54 Å². The predicted octanol–water partition coefficient (Wildman–Crippen LogP) is 3.87. The topological polar surface area (TPSA) is 63.4 Å². The van der Waals surface area contributed by atoms with Gasteiger partial charge in [-0.2, -0.15) is 0 Å². The van der Waals surface area contributed by atoms with Crippen LogP contribution >= 0.6 is 11.6 Å². The lowest BCUT2D eigenvalue weighted by atomic mass is 9.63. The Balaban J connectivity index is 1.50. The van der Waals surface area contributed by atoms with Crippen LogP contribution in [-0.4, -0.2) is 29.3 Å². The van der Waals surface area contributed by atoms with E-state index in [1.54, 1.807) is 24.3 Å². The van der Waals surface area contributed by atoms with Gasteiger partial charge in [0.1, 0.15) is 0 Å². The third-order valence-corrected chi connectivity index (χ3v) is 6.65. The molecule has 2 aliphatic carbocycles. The molecule has 2 N–H and O–H groups in total. The van der Waals surface area contributed by atoms with E-state index < -0.39 is 0 Å². The molecule has 1 aromatic rings. The van der Waals surface area contributed by atoms with Crippen molar-refractivity contribution in [1.29, 1.82) is 0 Å². The molecule has 1 aromatic carbocycles. The smallest absolute Gasteiger partial charge is 0.261 e. The molecule has 1 aliphatic heterocycles. The maximum absolute atomic E-state index is 12.7. The minimum Gasteiger partial charge on any atom is -0.330 e. The summed E-state index contributed by atoms with van der Waals surface area (Å²) in [5, 5.41) is 0.868. The van der Waals surface area contributed by atoms with E-state index in [1.165, 1.54) is 4.90 Å². The number of nitrogens with two attached hydrogens (primary N) is 1. The Morgan fingerprint density at radius 1 is 1.12 bits per heavy atom. The quantitative estimate of drug-likeness (QED) is 0.821. The molecule has 0 spiro atoms. The van der Waals surface area contributed by atoms with E-state index in [9.17, 15) is 9.59 Å². The highest BCUT2D eigenvalue weighted by molar-refractivity contribution is 6.29. The zero-order valence-corrected chi connectivity index (χ0v) is 15.4. The van der Waals surface area contributed by atoms with Gasteiger partial charge in [-0.25, -0.2) is 0 Å². The van der Waals surface area contributed by atoms with Crippen LogP contribution in [0.25, 0.3) is 0 Å². The Labute approximate surface area is 158 Å². The van der Waals surface area contributed by atoms with Gasteiger partial charge in [0.05, 0.1) is 11.1 Å². The Hall–Kier alpha value is -1.91. The molecule has 3 aliphatic rings. The van der Waals surface area contributed by atoms with Crippen LogP contribution in [0.2, 0.25) is 0 Å². The number of hydrogen-bond acceptors (Lipinski definition) is 3. The van der Waals surface area contributed by atoms with E-state index in [1.807, 2.05) is 12.2 Å². The minimum absolute atomic E-state index is 0.0000702. The van der Waals surface area contributed by atoms with Crippen LogP contribution in [0, 0.1) is 11.3 Å². The number of nitrogens with zero attached hydrogens (tertiary/aromatic N) is 1. The first kappa shape index (κ1) is 17.5. The van der Waals surface area contributed by atoms with Gasteiger partial charge in [-0.15, -0.1) is 0 Å². The molecule has 5 heteroatoms. The second-order valence-corrected chi connectivity index (χ2v) is 8.12. The number of rotatable bonds is 3. The van der Waals surface area contributed by atoms with Crippen molar-refractivity contribution in [2.24, 2.45) is 17.1 Å². The first-order chi connectivity index (χ1) is 12.6. The summed E-state index contributed by atoms with van der Waals surface area (Å²) in [6, 6.07) is 7.05. The highest BCUT2D eigenvalue weighted by atomic mass is 35.5. The second-order valence-electron chi connectivity index (χ2n) is 7.63. The molecule has 0 bridgehead atoms. The van der Waals surface area contributed by atoms with E-state index in [4.69, 9.17) is 17.3 Å². The van der Waals surface area contributed by atoms with Gasteiger partial charge in [-0.1, -0.05) is 35.9 Å². The summed E-state index contributed by atoms with van der Waals surface area (Å²) >= 11 is 6.24. The van der Waals surface area contributed by atoms with Crippen LogP contribution in [0.1, 0.15) is 52.8 Å². The number of amides is 2. The Morgan fingerprint density at radius 2 is 1.73 bits per heavy atom. The number of carbonyl (C=O) groups is 2. The number of fused-ring (bicyclic) bond motifs is 1. The van der Waals surface area contributed by atoms with E-state index in [-0.39, 0.29) is 23.3 Å². The van der Waals surface area contributed by atoms with Gasteiger partial charge >= 0.3 is 0 Å². The molecule has 1 saturated carbocycles. The number of benzene rings is 1. The number of imide groups is 1. The lowest BCUT2D eigenvalue weighted by Crippen LogP contribution is -2.48. The summed E-state index contributed by atoms with van der Waals surface area (Å²) in [5.74, 6) is 0.0203. The first-order valence-electron chi connectivity index (χ1n) is 9.25. The van der Waals surface area contributed by atoms with E-state index in [2.05, 4.69) is 6.08 Å². The average Bonchev–Trinajstić information content (AvgIpc) is 2.93.